The highest BCUT2D eigenvalue weighted by atomic mass is 16.5. The van der Waals surface area contributed by atoms with Crippen LogP contribution in [0.5, 0.6) is 0 Å². The topological polar surface area (TPSA) is 87.5 Å². The molecule has 0 radical (unpaired) electrons. The molecule has 0 unspecified atom stereocenters. The Bertz CT molecular complexity index is 734. The largest absolute Gasteiger partial charge is 0.378 e. The minimum atomic E-state index is 0.115. The van der Waals surface area contributed by atoms with Crippen LogP contribution in [0, 0.1) is 6.92 Å². The highest BCUT2D eigenvalue weighted by Gasteiger charge is 2.31. The Labute approximate surface area is 146 Å². The number of carbonyl (C=O) groups excluding carboxylic acids is 1. The molecular formula is C17H23N5O3. The van der Waals surface area contributed by atoms with Crippen LogP contribution in [-0.4, -0.2) is 70.6 Å². The maximum absolute atomic E-state index is 12.8. The van der Waals surface area contributed by atoms with Crippen LogP contribution in [0.3, 0.4) is 0 Å². The Morgan fingerprint density at radius 3 is 2.88 bits per heavy atom. The van der Waals surface area contributed by atoms with Gasteiger partial charge in [-0.15, -0.1) is 0 Å². The van der Waals surface area contributed by atoms with Crippen molar-refractivity contribution in [1.82, 2.24) is 25.2 Å². The molecule has 2 aromatic rings. The van der Waals surface area contributed by atoms with Crippen LogP contribution in [0.4, 0.5) is 4.79 Å². The average Bonchev–Trinajstić information content (AvgIpc) is 3.30. The van der Waals surface area contributed by atoms with E-state index in [1.807, 2.05) is 22.8 Å². The summed E-state index contributed by atoms with van der Waals surface area (Å²) < 4.78 is 10.7. The van der Waals surface area contributed by atoms with Crippen molar-refractivity contribution in [2.45, 2.75) is 25.7 Å². The molecule has 2 aliphatic heterocycles. The number of hydrogen-bond donors (Lipinski definition) is 1. The normalized spacial score (nSPS) is 21.6. The number of aromatic amines is 1. The van der Waals surface area contributed by atoms with Crippen molar-refractivity contribution >= 4 is 6.03 Å². The fourth-order valence-corrected chi connectivity index (χ4v) is 3.64. The summed E-state index contributed by atoms with van der Waals surface area (Å²) in [7, 11) is 0. The fourth-order valence-electron chi connectivity index (χ4n) is 3.64. The molecule has 134 valence electrons. The molecule has 4 heterocycles. The molecule has 8 heteroatoms. The Morgan fingerprint density at radius 2 is 2.12 bits per heavy atom. The highest BCUT2D eigenvalue weighted by Crippen LogP contribution is 2.33. The second kappa shape index (κ2) is 6.87. The molecule has 25 heavy (non-hydrogen) atoms. The highest BCUT2D eigenvalue weighted by molar-refractivity contribution is 5.75. The first-order chi connectivity index (χ1) is 12.2. The van der Waals surface area contributed by atoms with E-state index < -0.39 is 0 Å². The third kappa shape index (κ3) is 3.26. The first-order valence-corrected chi connectivity index (χ1v) is 8.81. The van der Waals surface area contributed by atoms with Gasteiger partial charge in [0.15, 0.2) is 5.76 Å². The van der Waals surface area contributed by atoms with Gasteiger partial charge < -0.3 is 19.1 Å². The molecule has 2 aliphatic rings. The van der Waals surface area contributed by atoms with Crippen molar-refractivity contribution < 1.29 is 14.1 Å². The van der Waals surface area contributed by atoms with Gasteiger partial charge in [0.2, 0.25) is 0 Å². The van der Waals surface area contributed by atoms with E-state index in [1.54, 1.807) is 6.20 Å². The van der Waals surface area contributed by atoms with E-state index in [2.05, 4.69) is 15.4 Å². The number of ether oxygens (including phenoxy) is 1. The van der Waals surface area contributed by atoms with Gasteiger partial charge in [0.1, 0.15) is 0 Å². The number of nitrogens with zero attached hydrogens (tertiary/aromatic N) is 4. The number of aromatic nitrogens is 3. The summed E-state index contributed by atoms with van der Waals surface area (Å²) in [4.78, 5) is 16.6. The zero-order valence-electron chi connectivity index (χ0n) is 14.4. The first kappa shape index (κ1) is 16.1. The van der Waals surface area contributed by atoms with Gasteiger partial charge in [-0.05, 0) is 19.8 Å². The molecule has 0 aliphatic carbocycles. The predicted octanol–water partition coefficient (Wildman–Crippen LogP) is 2.00. The van der Waals surface area contributed by atoms with E-state index >= 15 is 0 Å². The summed E-state index contributed by atoms with van der Waals surface area (Å²) in [5.74, 6) is 0.944. The number of morpholine rings is 1. The average molecular weight is 345 g/mol. The number of piperidine rings is 1. The van der Waals surface area contributed by atoms with Crippen molar-refractivity contribution in [3.63, 3.8) is 0 Å². The van der Waals surface area contributed by atoms with Gasteiger partial charge in [0.05, 0.1) is 36.4 Å². The molecule has 2 amide bonds. The van der Waals surface area contributed by atoms with Crippen molar-refractivity contribution in [2.75, 3.05) is 39.4 Å². The SMILES string of the molecule is Cc1cc(-c2cn[nH]c2[C@@H]2CCCN(C(=O)N3CCOCC3)C2)on1. The number of amides is 2. The number of rotatable bonds is 2. The number of aryl methyl sites for hydroxylation is 1. The minimum Gasteiger partial charge on any atom is -0.378 e. The fraction of sp³-hybridized carbons (Fsp3) is 0.588. The zero-order chi connectivity index (χ0) is 17.2. The van der Waals surface area contributed by atoms with Gasteiger partial charge in [-0.25, -0.2) is 4.79 Å². The Hall–Kier alpha value is -2.35. The van der Waals surface area contributed by atoms with Crippen molar-refractivity contribution in [1.29, 1.82) is 0 Å². The van der Waals surface area contributed by atoms with Gasteiger partial charge >= 0.3 is 6.03 Å². The number of hydrogen-bond acceptors (Lipinski definition) is 5. The lowest BCUT2D eigenvalue weighted by Gasteiger charge is -2.37. The van der Waals surface area contributed by atoms with Crippen LogP contribution in [-0.2, 0) is 4.74 Å². The Balaban J connectivity index is 1.50. The number of H-pyrrole nitrogens is 1. The zero-order valence-corrected chi connectivity index (χ0v) is 14.4. The molecule has 2 aromatic heterocycles. The van der Waals surface area contributed by atoms with Crippen LogP contribution in [0.25, 0.3) is 11.3 Å². The van der Waals surface area contributed by atoms with E-state index in [1.165, 1.54) is 0 Å². The van der Waals surface area contributed by atoms with Gasteiger partial charge in [-0.2, -0.15) is 5.10 Å². The summed E-state index contributed by atoms with van der Waals surface area (Å²) >= 11 is 0. The van der Waals surface area contributed by atoms with Crippen LogP contribution in [0.1, 0.15) is 30.1 Å². The molecule has 1 atom stereocenters. The standard InChI is InChI=1S/C17H23N5O3/c1-12-9-15(25-20-12)14-10-18-19-16(14)13-3-2-4-22(11-13)17(23)21-5-7-24-8-6-21/h9-10,13H,2-8,11H2,1H3,(H,18,19)/t13-/m1/s1. The summed E-state index contributed by atoms with van der Waals surface area (Å²) in [5, 5.41) is 11.3. The lowest BCUT2D eigenvalue weighted by atomic mass is 9.92. The van der Waals surface area contributed by atoms with E-state index in [-0.39, 0.29) is 11.9 Å². The number of carbonyl (C=O) groups is 1. The van der Waals surface area contributed by atoms with E-state index in [4.69, 9.17) is 9.26 Å². The molecule has 2 saturated heterocycles. The number of nitrogens with one attached hydrogen (secondary N) is 1. The van der Waals surface area contributed by atoms with Crippen molar-refractivity contribution in [3.05, 3.63) is 23.7 Å². The second-order valence-corrected chi connectivity index (χ2v) is 6.70. The van der Waals surface area contributed by atoms with E-state index in [9.17, 15) is 4.79 Å². The van der Waals surface area contributed by atoms with Gasteiger partial charge in [0, 0.05) is 38.2 Å². The molecule has 4 rings (SSSR count). The predicted molar refractivity (Wildman–Crippen MR) is 90.2 cm³/mol. The summed E-state index contributed by atoms with van der Waals surface area (Å²) in [6, 6.07) is 2.03. The van der Waals surface area contributed by atoms with E-state index in [0.717, 1.165) is 42.1 Å². The third-order valence-corrected chi connectivity index (χ3v) is 4.94. The van der Waals surface area contributed by atoms with Crippen LogP contribution < -0.4 is 0 Å². The lowest BCUT2D eigenvalue weighted by molar-refractivity contribution is 0.0408. The molecule has 0 bridgehead atoms. The first-order valence-electron chi connectivity index (χ1n) is 8.81. The summed E-state index contributed by atoms with van der Waals surface area (Å²) in [6.45, 7) is 5.99. The molecule has 2 fully saturated rings. The molecule has 0 aromatic carbocycles. The van der Waals surface area contributed by atoms with Crippen LogP contribution >= 0.6 is 0 Å². The molecular weight excluding hydrogens is 322 g/mol. The van der Waals surface area contributed by atoms with Crippen LogP contribution in [0.2, 0.25) is 0 Å². The second-order valence-electron chi connectivity index (χ2n) is 6.70. The van der Waals surface area contributed by atoms with E-state index in [0.29, 0.717) is 32.8 Å². The van der Waals surface area contributed by atoms with Crippen molar-refractivity contribution in [2.24, 2.45) is 0 Å². The molecule has 0 saturated carbocycles. The maximum Gasteiger partial charge on any atom is 0.320 e. The van der Waals surface area contributed by atoms with Gasteiger partial charge in [-0.3, -0.25) is 5.10 Å². The molecule has 0 spiro atoms. The molecule has 8 nitrogen and oxygen atoms in total. The number of likely N-dealkylation sites (tertiary alicyclic amines) is 1. The minimum absolute atomic E-state index is 0.115. The lowest BCUT2D eigenvalue weighted by Crippen LogP contribution is -2.50. The maximum atomic E-state index is 12.8. The smallest absolute Gasteiger partial charge is 0.320 e. The van der Waals surface area contributed by atoms with Gasteiger partial charge in [0.25, 0.3) is 0 Å². The quantitative estimate of drug-likeness (QED) is 0.899. The monoisotopic (exact) mass is 345 g/mol. The Morgan fingerprint density at radius 1 is 1.28 bits per heavy atom. The third-order valence-electron chi connectivity index (χ3n) is 4.94. The Kier molecular flexibility index (Phi) is 4.44. The van der Waals surface area contributed by atoms with Crippen molar-refractivity contribution in [3.8, 4) is 11.3 Å². The molecule has 1 N–H and O–H groups in total. The summed E-state index contributed by atoms with van der Waals surface area (Å²) in [5.41, 5.74) is 2.80. The number of urea groups is 1. The summed E-state index contributed by atoms with van der Waals surface area (Å²) in [6.07, 6.45) is 3.78. The van der Waals surface area contributed by atoms with Crippen LogP contribution in [0.15, 0.2) is 16.8 Å². The van der Waals surface area contributed by atoms with Gasteiger partial charge in [-0.1, -0.05) is 5.16 Å².